The molecule has 8 atom stereocenters. The molecule has 0 aromatic carbocycles. The highest BCUT2D eigenvalue weighted by Crippen LogP contribution is 2.67. The van der Waals surface area contributed by atoms with Gasteiger partial charge in [0.25, 0.3) is 0 Å². The van der Waals surface area contributed by atoms with Crippen LogP contribution < -0.4 is 5.73 Å². The predicted octanol–water partition coefficient (Wildman–Crippen LogP) is 7.65. The van der Waals surface area contributed by atoms with Crippen LogP contribution in [0.2, 0.25) is 0 Å². The lowest BCUT2D eigenvalue weighted by atomic mass is 9.46. The number of allylic oxidation sites excluding steroid dienone is 1. The molecule has 0 spiro atoms. The van der Waals surface area contributed by atoms with Crippen molar-refractivity contribution in [3.63, 3.8) is 0 Å². The van der Waals surface area contributed by atoms with E-state index in [1.165, 1.54) is 56.9 Å². The summed E-state index contributed by atoms with van der Waals surface area (Å²) in [7, 11) is 0. The minimum atomic E-state index is -0.847. The van der Waals surface area contributed by atoms with Gasteiger partial charge in [-0.25, -0.2) is 4.79 Å². The van der Waals surface area contributed by atoms with Crippen LogP contribution in [0, 0.1) is 46.3 Å². The van der Waals surface area contributed by atoms with Gasteiger partial charge in [-0.1, -0.05) is 65.5 Å². The molecule has 1 amide bonds. The third kappa shape index (κ3) is 36.4. The molecule has 0 bridgehead atoms. The molecule has 0 aliphatic heterocycles. The van der Waals surface area contributed by atoms with E-state index >= 15 is 0 Å². The van der Waals surface area contributed by atoms with E-state index in [1.807, 2.05) is 0 Å². The fourth-order valence-corrected chi connectivity index (χ4v) is 13.7. The second kappa shape index (κ2) is 54.2. The van der Waals surface area contributed by atoms with Crippen molar-refractivity contribution in [2.45, 2.75) is 111 Å². The first-order valence-corrected chi connectivity index (χ1v) is 35.0. The summed E-state index contributed by atoms with van der Waals surface area (Å²) >= 11 is 0. The molecule has 23 heteroatoms. The Hall–Kier alpha value is -1.79. The highest BCUT2D eigenvalue weighted by molar-refractivity contribution is 5.65. The maximum absolute atomic E-state index is 12.5. The normalized spacial score (nSPS) is 22.5. The number of rotatable bonds is 65. The molecule has 4 rings (SSSR count). The Kier molecular flexibility index (Phi) is 48.7. The van der Waals surface area contributed by atoms with Crippen LogP contribution in [0.1, 0.15) is 105 Å². The van der Waals surface area contributed by atoms with Gasteiger partial charge in [0.15, 0.2) is 0 Å². The molecule has 0 unspecified atom stereocenters. The second-order valence-electron chi connectivity index (χ2n) is 25.1. The zero-order valence-electron chi connectivity index (χ0n) is 57.3. The number of carbonyl (C=O) groups is 1. The van der Waals surface area contributed by atoms with Crippen LogP contribution >= 0.6 is 0 Å². The molecule has 0 radical (unpaired) electrons. The Bertz CT molecular complexity index is 1730. The zero-order valence-corrected chi connectivity index (χ0v) is 57.3. The van der Waals surface area contributed by atoms with E-state index in [0.29, 0.717) is 270 Å². The highest BCUT2D eigenvalue weighted by atomic mass is 16.6. The number of nitrogens with two attached hydrogens (primary N) is 1. The molecule has 23 nitrogen and oxygen atoms in total. The maximum atomic E-state index is 12.5. The number of nitrogens with zero attached hydrogens (tertiary/aromatic N) is 1. The number of carboxylic acid groups (broad SMARTS) is 1. The van der Waals surface area contributed by atoms with Crippen molar-refractivity contribution < 1.29 is 99.9 Å². The predicted molar refractivity (Wildman–Crippen MR) is 346 cm³/mol. The molecule has 91 heavy (non-hydrogen) atoms. The summed E-state index contributed by atoms with van der Waals surface area (Å²) < 4.78 is 105. The molecule has 4 aliphatic rings. The molecule has 0 aromatic heterocycles. The number of amides is 1. The lowest BCUT2D eigenvalue weighted by Crippen LogP contribution is -2.53. The summed E-state index contributed by atoms with van der Waals surface area (Å²) in [6.45, 7) is 31.8. The largest absolute Gasteiger partial charge is 0.465 e. The van der Waals surface area contributed by atoms with E-state index in [-0.39, 0.29) is 11.5 Å². The number of fused-ring (bicyclic) bond motifs is 5. The van der Waals surface area contributed by atoms with Gasteiger partial charge in [0.2, 0.25) is 0 Å². The van der Waals surface area contributed by atoms with E-state index in [0.717, 1.165) is 54.8 Å². The van der Waals surface area contributed by atoms with E-state index in [4.69, 9.17) is 95.7 Å². The van der Waals surface area contributed by atoms with E-state index in [1.54, 1.807) is 4.90 Å². The van der Waals surface area contributed by atoms with Crippen LogP contribution in [0.15, 0.2) is 11.6 Å². The smallest absolute Gasteiger partial charge is 0.407 e. The van der Waals surface area contributed by atoms with Crippen LogP contribution in [0.25, 0.3) is 0 Å². The van der Waals surface area contributed by atoms with Gasteiger partial charge >= 0.3 is 6.09 Å². The van der Waals surface area contributed by atoms with Crippen molar-refractivity contribution in [3.05, 3.63) is 11.6 Å². The minimum Gasteiger partial charge on any atom is -0.465 e. The SMILES string of the molecule is CC(C)CCC[C@@H](C)[C@H]1CC[C@H]2[C@@H]3CC=C4C[C@@H](N(CCOCCOCCOCCOCCOCCOCCOCCOCCOCCOCCOCCOCCOCCOCCOCCOCCOCCOCCOCCN)C(=O)O)CC[C@]4(C)[C@H]3CC[C@]12C. The molecule has 0 aromatic rings. The van der Waals surface area contributed by atoms with Crippen molar-refractivity contribution in [2.24, 2.45) is 52.1 Å². The average molecular weight is 1310 g/mol. The van der Waals surface area contributed by atoms with Gasteiger partial charge in [-0.05, 0) is 97.7 Å². The summed E-state index contributed by atoms with van der Waals surface area (Å²) in [5.41, 5.74) is 7.55. The fraction of sp³-hybridized carbons (Fsp3) is 0.956. The second-order valence-corrected chi connectivity index (χ2v) is 25.1. The molecule has 3 fully saturated rings. The topological polar surface area (TPSA) is 242 Å². The van der Waals surface area contributed by atoms with E-state index in [2.05, 4.69) is 40.7 Å². The van der Waals surface area contributed by atoms with E-state index in [9.17, 15) is 9.90 Å². The first kappa shape index (κ1) is 81.6. The standard InChI is InChI=1S/C68H128N2O21/c1-58(2)7-6-8-59(3)63-11-12-64-62-10-9-60-57-61(13-15-67(60,4)65(62)14-16-68(63,64)5)70(66(71)72)18-20-74-22-24-76-26-28-78-30-32-80-34-36-82-38-40-84-42-44-86-46-48-88-50-52-90-54-56-91-55-53-89-51-49-87-47-45-85-43-41-83-39-37-81-35-33-79-31-29-77-27-25-75-23-21-73-19-17-69/h9,58-59,61-65H,6-8,10-57,69H2,1-5H3,(H,71,72)/t59-,61+,62+,63-,64+,65+,67+,68-/m1/s1. The molecule has 4 aliphatic carbocycles. The maximum Gasteiger partial charge on any atom is 0.407 e. The van der Waals surface area contributed by atoms with Gasteiger partial charge in [-0.3, -0.25) is 0 Å². The summed E-state index contributed by atoms with van der Waals surface area (Å²) in [5, 5.41) is 10.3. The van der Waals surface area contributed by atoms with Gasteiger partial charge in [-0.2, -0.15) is 0 Å². The lowest BCUT2D eigenvalue weighted by molar-refractivity contribution is -0.0547. The summed E-state index contributed by atoms with van der Waals surface area (Å²) in [6, 6.07) is 0.00689. The fourth-order valence-electron chi connectivity index (χ4n) is 13.7. The van der Waals surface area contributed by atoms with Crippen LogP contribution in [-0.2, 0) is 90.0 Å². The third-order valence-corrected chi connectivity index (χ3v) is 18.4. The molecule has 536 valence electrons. The summed E-state index contributed by atoms with van der Waals surface area (Å²) in [4.78, 5) is 14.2. The van der Waals surface area contributed by atoms with Gasteiger partial charge in [0.1, 0.15) is 0 Å². The molecule has 3 saturated carbocycles. The third-order valence-electron chi connectivity index (χ3n) is 18.4. The van der Waals surface area contributed by atoms with Crippen molar-refractivity contribution in [3.8, 4) is 0 Å². The highest BCUT2D eigenvalue weighted by Gasteiger charge is 2.59. The Morgan fingerprint density at radius 3 is 1.10 bits per heavy atom. The van der Waals surface area contributed by atoms with Crippen molar-refractivity contribution in [2.75, 3.05) is 264 Å². The lowest BCUT2D eigenvalue weighted by Gasteiger charge is -2.59. The Balaban J connectivity index is 0.783. The number of hydrogen-bond acceptors (Lipinski definition) is 21. The van der Waals surface area contributed by atoms with Gasteiger partial charge < -0.3 is 106 Å². The Morgan fingerprint density at radius 1 is 0.451 bits per heavy atom. The van der Waals surface area contributed by atoms with Crippen LogP contribution in [0.5, 0.6) is 0 Å². The van der Waals surface area contributed by atoms with Gasteiger partial charge in [0, 0.05) is 19.1 Å². The number of hydrogen-bond donors (Lipinski definition) is 2. The summed E-state index contributed by atoms with van der Waals surface area (Å²) in [5.74, 6) is 4.80. The van der Waals surface area contributed by atoms with E-state index < -0.39 is 6.09 Å². The molecule has 3 N–H and O–H groups in total. The average Bonchev–Trinajstić information content (AvgIpc) is 1.71. The minimum absolute atomic E-state index is 0.00689. The molecule has 0 saturated heterocycles. The molecular formula is C68H128N2O21. The quantitative estimate of drug-likeness (QED) is 0.0439. The van der Waals surface area contributed by atoms with Crippen molar-refractivity contribution >= 4 is 6.09 Å². The van der Waals surface area contributed by atoms with Crippen LogP contribution in [0.4, 0.5) is 4.79 Å². The number of ether oxygens (including phenoxy) is 19. The molecule has 0 heterocycles. The zero-order chi connectivity index (χ0) is 65.0. The summed E-state index contributed by atoms with van der Waals surface area (Å²) in [6.07, 6.45) is 15.3. The first-order chi connectivity index (χ1) is 44.6. The first-order valence-electron chi connectivity index (χ1n) is 35.0. The van der Waals surface area contributed by atoms with Crippen LogP contribution in [-0.4, -0.2) is 286 Å². The Labute approximate surface area is 548 Å². The van der Waals surface area contributed by atoms with Gasteiger partial charge in [-0.15, -0.1) is 0 Å². The monoisotopic (exact) mass is 1310 g/mol. The Morgan fingerprint density at radius 2 is 0.780 bits per heavy atom. The van der Waals surface area contributed by atoms with Crippen molar-refractivity contribution in [1.29, 1.82) is 0 Å². The van der Waals surface area contributed by atoms with Crippen molar-refractivity contribution in [1.82, 2.24) is 4.90 Å². The molecular weight excluding hydrogens is 1180 g/mol. The van der Waals surface area contributed by atoms with Gasteiger partial charge in [0.05, 0.1) is 251 Å². The van der Waals surface area contributed by atoms with Crippen LogP contribution in [0.3, 0.4) is 0 Å².